The quantitative estimate of drug-likeness (QED) is 0.278. The lowest BCUT2D eigenvalue weighted by atomic mass is 9.99. The Morgan fingerprint density at radius 2 is 1.31 bits per heavy atom. The van der Waals surface area contributed by atoms with Gasteiger partial charge in [-0.1, -0.05) is 97.1 Å². The molecule has 0 bridgehead atoms. The van der Waals surface area contributed by atoms with Crippen LogP contribution in [0.1, 0.15) is 44.9 Å². The first-order valence-corrected chi connectivity index (χ1v) is 14.8. The summed E-state index contributed by atoms with van der Waals surface area (Å²) < 4.78 is 22.2. The summed E-state index contributed by atoms with van der Waals surface area (Å²) in [5.74, 6) is 0.834. The van der Waals surface area contributed by atoms with E-state index in [4.69, 9.17) is 4.74 Å². The van der Waals surface area contributed by atoms with Crippen molar-refractivity contribution in [3.63, 3.8) is 0 Å². The highest BCUT2D eigenvalue weighted by Crippen LogP contribution is 2.37. The van der Waals surface area contributed by atoms with E-state index in [2.05, 4.69) is 102 Å². The maximum Gasteiger partial charge on any atom is 0.119 e. The minimum atomic E-state index is -1.26. The van der Waals surface area contributed by atoms with E-state index in [1.54, 1.807) is 0 Å². The summed E-state index contributed by atoms with van der Waals surface area (Å²) in [6.07, 6.45) is 0. The summed E-state index contributed by atoms with van der Waals surface area (Å²) in [5, 5.41) is 3.82. The molecule has 0 saturated carbocycles. The second-order valence-corrected chi connectivity index (χ2v) is 13.7. The topological polar surface area (TPSA) is 38.3 Å². The third kappa shape index (κ3) is 6.31. The van der Waals surface area contributed by atoms with Crippen LogP contribution in [0.2, 0.25) is 0 Å². The largest absolute Gasteiger partial charge is 0.494 e. The van der Waals surface area contributed by atoms with E-state index in [9.17, 15) is 4.21 Å². The Hall–Kier alpha value is -2.78. The van der Waals surface area contributed by atoms with Crippen LogP contribution in [0, 0.1) is 0 Å². The maximum atomic E-state index is 13.4. The van der Waals surface area contributed by atoms with Gasteiger partial charge < -0.3 is 4.74 Å². The Kier molecular flexibility index (Phi) is 8.74. The molecule has 0 fully saturated rings. The van der Waals surface area contributed by atoms with Crippen LogP contribution in [0.4, 0.5) is 0 Å². The van der Waals surface area contributed by atoms with Crippen molar-refractivity contribution in [2.45, 2.75) is 38.5 Å². The van der Waals surface area contributed by atoms with Gasteiger partial charge >= 0.3 is 0 Å². The van der Waals surface area contributed by atoms with Gasteiger partial charge in [0.25, 0.3) is 0 Å². The Balaban J connectivity index is 1.87. The highest BCUT2D eigenvalue weighted by atomic mass is 32.2. The first-order chi connectivity index (χ1) is 17.4. The smallest absolute Gasteiger partial charge is 0.119 e. The van der Waals surface area contributed by atoms with E-state index >= 15 is 0 Å². The fourth-order valence-corrected chi connectivity index (χ4v) is 7.36. The molecule has 36 heavy (non-hydrogen) atoms. The SMILES string of the molecule is CCOc1ccc([C@@H](NS(=O)C(C)(C)C)c2ccccc2P(c2ccccc2)c2ccccc2)cc1. The van der Waals surface area contributed by atoms with Crippen molar-refractivity contribution in [2.24, 2.45) is 0 Å². The normalized spacial score (nSPS) is 13.4. The molecule has 2 atom stereocenters. The summed E-state index contributed by atoms with van der Waals surface area (Å²) in [5.41, 5.74) is 2.19. The number of rotatable bonds is 9. The van der Waals surface area contributed by atoms with Gasteiger partial charge in [-0.25, -0.2) is 8.93 Å². The van der Waals surface area contributed by atoms with Crippen LogP contribution in [0.5, 0.6) is 5.75 Å². The van der Waals surface area contributed by atoms with Gasteiger partial charge in [-0.2, -0.15) is 0 Å². The third-order valence-electron chi connectivity index (χ3n) is 5.82. The Morgan fingerprint density at radius 3 is 1.83 bits per heavy atom. The van der Waals surface area contributed by atoms with Gasteiger partial charge in [-0.15, -0.1) is 0 Å². The molecule has 5 heteroatoms. The van der Waals surface area contributed by atoms with E-state index < -0.39 is 23.7 Å². The molecule has 1 N–H and O–H groups in total. The Labute approximate surface area is 219 Å². The van der Waals surface area contributed by atoms with Gasteiger partial charge in [-0.05, 0) is 74.8 Å². The zero-order valence-electron chi connectivity index (χ0n) is 21.3. The molecule has 0 aliphatic heterocycles. The van der Waals surface area contributed by atoms with Crippen molar-refractivity contribution in [3.8, 4) is 5.75 Å². The van der Waals surface area contributed by atoms with E-state index in [0.717, 1.165) is 16.9 Å². The van der Waals surface area contributed by atoms with Crippen molar-refractivity contribution in [3.05, 3.63) is 120 Å². The van der Waals surface area contributed by atoms with Gasteiger partial charge in [0, 0.05) is 0 Å². The number of nitrogens with one attached hydrogen (secondary N) is 1. The number of hydrogen-bond acceptors (Lipinski definition) is 2. The minimum Gasteiger partial charge on any atom is -0.494 e. The molecular formula is C31H34NO2PS. The zero-order chi connectivity index (χ0) is 25.5. The highest BCUT2D eigenvalue weighted by molar-refractivity contribution is 7.84. The molecule has 186 valence electrons. The molecule has 1 unspecified atom stereocenters. The molecule has 0 saturated heterocycles. The Bertz CT molecular complexity index is 1230. The van der Waals surface area contributed by atoms with Crippen molar-refractivity contribution in [1.29, 1.82) is 0 Å². The lowest BCUT2D eigenvalue weighted by Crippen LogP contribution is -2.38. The summed E-state index contributed by atoms with van der Waals surface area (Å²) in [6, 6.07) is 37.9. The molecule has 0 aliphatic carbocycles. The van der Waals surface area contributed by atoms with Gasteiger partial charge in [0.2, 0.25) is 0 Å². The predicted molar refractivity (Wildman–Crippen MR) is 156 cm³/mol. The molecule has 0 aromatic heterocycles. The van der Waals surface area contributed by atoms with Crippen LogP contribution in [-0.2, 0) is 11.0 Å². The molecule has 0 spiro atoms. The summed E-state index contributed by atoms with van der Waals surface area (Å²) >= 11 is 0. The first-order valence-electron chi connectivity index (χ1n) is 12.3. The van der Waals surface area contributed by atoms with Crippen LogP contribution in [-0.4, -0.2) is 15.6 Å². The van der Waals surface area contributed by atoms with E-state index in [1.807, 2.05) is 39.8 Å². The fraction of sp³-hybridized carbons (Fsp3) is 0.226. The molecule has 4 aromatic rings. The van der Waals surface area contributed by atoms with E-state index in [-0.39, 0.29) is 6.04 Å². The average molecular weight is 516 g/mol. The highest BCUT2D eigenvalue weighted by Gasteiger charge is 2.28. The molecule has 0 radical (unpaired) electrons. The molecule has 0 aliphatic rings. The standard InChI is InChI=1S/C31H34NO2PS/c1-5-34-25-22-20-24(21-23-25)30(32-36(33)31(2,3)4)28-18-12-13-19-29(28)35(26-14-8-6-9-15-26)27-16-10-7-11-17-27/h6-23,30,32H,5H2,1-4H3/t30-,36?/m1/s1. The number of hydrogen-bond donors (Lipinski definition) is 1. The minimum absolute atomic E-state index is 0.241. The summed E-state index contributed by atoms with van der Waals surface area (Å²) in [6.45, 7) is 8.60. The zero-order valence-corrected chi connectivity index (χ0v) is 23.1. The van der Waals surface area contributed by atoms with Crippen molar-refractivity contribution < 1.29 is 8.95 Å². The lowest BCUT2D eigenvalue weighted by Gasteiger charge is -2.29. The van der Waals surface area contributed by atoms with Gasteiger partial charge in [-0.3, -0.25) is 0 Å². The van der Waals surface area contributed by atoms with Crippen molar-refractivity contribution in [2.75, 3.05) is 6.61 Å². The van der Waals surface area contributed by atoms with Gasteiger partial charge in [0.15, 0.2) is 0 Å². The molecule has 0 heterocycles. The van der Waals surface area contributed by atoms with Crippen LogP contribution >= 0.6 is 7.92 Å². The van der Waals surface area contributed by atoms with Crippen molar-refractivity contribution in [1.82, 2.24) is 4.72 Å². The third-order valence-corrected chi connectivity index (χ3v) is 9.90. The number of ether oxygens (including phenoxy) is 1. The van der Waals surface area contributed by atoms with Crippen LogP contribution in [0.3, 0.4) is 0 Å². The lowest BCUT2D eigenvalue weighted by molar-refractivity contribution is 0.340. The molecule has 4 rings (SSSR count). The first kappa shape index (κ1) is 26.3. The average Bonchev–Trinajstić information content (AvgIpc) is 2.89. The van der Waals surface area contributed by atoms with E-state index in [1.165, 1.54) is 15.9 Å². The molecule has 3 nitrogen and oxygen atoms in total. The van der Waals surface area contributed by atoms with Gasteiger partial charge in [0.05, 0.1) is 28.4 Å². The maximum absolute atomic E-state index is 13.4. The molecule has 0 amide bonds. The Morgan fingerprint density at radius 1 is 0.778 bits per heavy atom. The predicted octanol–water partition coefficient (Wildman–Crippen LogP) is 5.98. The van der Waals surface area contributed by atoms with E-state index in [0.29, 0.717) is 6.61 Å². The van der Waals surface area contributed by atoms with Crippen LogP contribution in [0.25, 0.3) is 0 Å². The second-order valence-electron chi connectivity index (χ2n) is 9.50. The monoisotopic (exact) mass is 515 g/mol. The fourth-order valence-electron chi connectivity index (χ4n) is 4.03. The van der Waals surface area contributed by atoms with Crippen LogP contribution in [0.15, 0.2) is 109 Å². The second kappa shape index (κ2) is 12.0. The van der Waals surface area contributed by atoms with Crippen molar-refractivity contribution >= 4 is 34.8 Å². The van der Waals surface area contributed by atoms with Gasteiger partial charge in [0.1, 0.15) is 5.75 Å². The molecular weight excluding hydrogens is 481 g/mol. The number of benzene rings is 4. The summed E-state index contributed by atoms with van der Waals surface area (Å²) in [7, 11) is -2.08. The molecule has 4 aromatic carbocycles. The van der Waals surface area contributed by atoms with Crippen LogP contribution < -0.4 is 25.4 Å². The summed E-state index contributed by atoms with van der Waals surface area (Å²) in [4.78, 5) is 0.